The van der Waals surface area contributed by atoms with E-state index in [0.717, 1.165) is 21.4 Å². The number of imidazole rings is 1. The molecule has 0 aliphatic rings. The van der Waals surface area contributed by atoms with Crippen molar-refractivity contribution in [1.29, 1.82) is 0 Å². The average molecular weight is 328 g/mol. The van der Waals surface area contributed by atoms with Crippen molar-refractivity contribution in [3.8, 4) is 0 Å². The highest BCUT2D eigenvalue weighted by atomic mass is 31.1. The number of unbranched alkanes of at least 4 members (excludes halogenated alkanes) is 1. The van der Waals surface area contributed by atoms with Crippen molar-refractivity contribution in [2.45, 2.75) is 71.4 Å². The van der Waals surface area contributed by atoms with Gasteiger partial charge in [-0.05, 0) is 50.3 Å². The van der Waals surface area contributed by atoms with Gasteiger partial charge < -0.3 is 16.5 Å². The van der Waals surface area contributed by atoms with Gasteiger partial charge in [0.25, 0.3) is 0 Å². The predicted molar refractivity (Wildman–Crippen MR) is 101 cm³/mol. The van der Waals surface area contributed by atoms with Gasteiger partial charge in [0.05, 0.1) is 6.33 Å². The average Bonchev–Trinajstić information content (AvgIpc) is 3.12. The van der Waals surface area contributed by atoms with E-state index in [1.165, 1.54) is 38.0 Å². The van der Waals surface area contributed by atoms with Crippen molar-refractivity contribution in [2.24, 2.45) is 17.4 Å². The molecule has 0 radical (unpaired) electrons. The van der Waals surface area contributed by atoms with E-state index >= 15 is 0 Å². The zero-order valence-corrected chi connectivity index (χ0v) is 15.7. The lowest BCUT2D eigenvalue weighted by Crippen LogP contribution is -2.42. The van der Waals surface area contributed by atoms with Gasteiger partial charge in [0.1, 0.15) is 0 Å². The third kappa shape index (κ3) is 11.2. The molecule has 1 heterocycles. The second-order valence-electron chi connectivity index (χ2n) is 5.81. The van der Waals surface area contributed by atoms with Gasteiger partial charge in [-0.25, -0.2) is 4.98 Å². The fourth-order valence-corrected chi connectivity index (χ4v) is 3.76. The minimum atomic E-state index is 0.295. The van der Waals surface area contributed by atoms with E-state index in [9.17, 15) is 0 Å². The Balaban J connectivity index is 0.000000734. The van der Waals surface area contributed by atoms with Crippen LogP contribution in [-0.2, 0) is 0 Å². The van der Waals surface area contributed by atoms with E-state index in [2.05, 4.69) is 30.7 Å². The SMILES string of the molecule is CCCCPCCCC(C(N)CC)C(N)CC.c1c[nH]cn1. The van der Waals surface area contributed by atoms with Gasteiger partial charge >= 0.3 is 0 Å². The second kappa shape index (κ2) is 15.5. The molecule has 22 heavy (non-hydrogen) atoms. The van der Waals surface area contributed by atoms with Crippen LogP contribution in [0.25, 0.3) is 0 Å². The Labute approximate surface area is 139 Å². The van der Waals surface area contributed by atoms with Gasteiger partial charge in [0.15, 0.2) is 0 Å². The largest absolute Gasteiger partial charge is 0.351 e. The first-order valence-electron chi connectivity index (χ1n) is 8.81. The lowest BCUT2D eigenvalue weighted by atomic mass is 9.86. The van der Waals surface area contributed by atoms with Crippen LogP contribution in [0.3, 0.4) is 0 Å². The van der Waals surface area contributed by atoms with Gasteiger partial charge in [0, 0.05) is 24.5 Å². The van der Waals surface area contributed by atoms with Gasteiger partial charge in [0.2, 0.25) is 0 Å². The molecule has 0 fully saturated rings. The summed E-state index contributed by atoms with van der Waals surface area (Å²) < 4.78 is 0. The van der Waals surface area contributed by atoms with Crippen LogP contribution in [0.1, 0.15) is 59.3 Å². The molecule has 0 aliphatic carbocycles. The molecule has 3 atom stereocenters. The number of H-pyrrole nitrogens is 1. The lowest BCUT2D eigenvalue weighted by molar-refractivity contribution is 0.313. The van der Waals surface area contributed by atoms with E-state index in [-0.39, 0.29) is 0 Å². The van der Waals surface area contributed by atoms with E-state index in [1.807, 2.05) is 0 Å². The molecular weight excluding hydrogens is 291 g/mol. The number of rotatable bonds is 11. The number of aromatic amines is 1. The summed E-state index contributed by atoms with van der Waals surface area (Å²) in [5.74, 6) is 0.529. The Hall–Kier alpha value is -0.440. The van der Waals surface area contributed by atoms with Crippen LogP contribution in [0.4, 0.5) is 0 Å². The molecule has 130 valence electrons. The summed E-state index contributed by atoms with van der Waals surface area (Å²) in [5.41, 5.74) is 12.4. The molecule has 1 aromatic heterocycles. The molecule has 0 aromatic carbocycles. The van der Waals surface area contributed by atoms with Crippen LogP contribution in [0.5, 0.6) is 0 Å². The monoisotopic (exact) mass is 328 g/mol. The van der Waals surface area contributed by atoms with Crippen LogP contribution in [0, 0.1) is 5.92 Å². The number of nitrogens with zero attached hydrogens (tertiary/aromatic N) is 1. The number of hydrogen-bond acceptors (Lipinski definition) is 3. The van der Waals surface area contributed by atoms with E-state index in [4.69, 9.17) is 11.5 Å². The Morgan fingerprint density at radius 2 is 1.68 bits per heavy atom. The van der Waals surface area contributed by atoms with Crippen molar-refractivity contribution >= 4 is 8.58 Å². The Bertz CT molecular complexity index is 278. The fourth-order valence-electron chi connectivity index (χ4n) is 2.46. The molecule has 0 saturated carbocycles. The van der Waals surface area contributed by atoms with Gasteiger partial charge in [-0.2, -0.15) is 0 Å². The van der Waals surface area contributed by atoms with Crippen LogP contribution in [0.2, 0.25) is 0 Å². The molecule has 5 N–H and O–H groups in total. The van der Waals surface area contributed by atoms with Crippen molar-refractivity contribution < 1.29 is 0 Å². The molecular formula is C17H37N4P. The van der Waals surface area contributed by atoms with Gasteiger partial charge in [-0.3, -0.25) is 0 Å². The first-order chi connectivity index (χ1) is 10.7. The van der Waals surface area contributed by atoms with Crippen molar-refractivity contribution in [3.05, 3.63) is 18.7 Å². The Morgan fingerprint density at radius 1 is 1.05 bits per heavy atom. The van der Waals surface area contributed by atoms with Gasteiger partial charge in [-0.15, -0.1) is 8.58 Å². The highest BCUT2D eigenvalue weighted by molar-refractivity contribution is 7.37. The first kappa shape index (κ1) is 21.6. The molecule has 0 aliphatic heterocycles. The predicted octanol–water partition coefficient (Wildman–Crippen LogP) is 3.75. The summed E-state index contributed by atoms with van der Waals surface area (Å²) in [6.07, 6.45) is 15.2. The first-order valence-corrected chi connectivity index (χ1v) is 10.2. The second-order valence-corrected chi connectivity index (χ2v) is 7.31. The Morgan fingerprint density at radius 3 is 2.09 bits per heavy atom. The number of nitrogens with two attached hydrogens (primary N) is 2. The highest BCUT2D eigenvalue weighted by Crippen LogP contribution is 2.22. The number of aromatic nitrogens is 2. The minimum Gasteiger partial charge on any atom is -0.351 e. The van der Waals surface area contributed by atoms with E-state index in [1.54, 1.807) is 18.7 Å². The number of nitrogens with one attached hydrogen (secondary N) is 1. The Kier molecular flexibility index (Phi) is 15.1. The molecule has 0 spiro atoms. The lowest BCUT2D eigenvalue weighted by Gasteiger charge is -2.28. The third-order valence-corrected chi connectivity index (χ3v) is 5.46. The summed E-state index contributed by atoms with van der Waals surface area (Å²) in [7, 11) is 1.15. The quantitative estimate of drug-likeness (QED) is 0.427. The summed E-state index contributed by atoms with van der Waals surface area (Å²) in [4.78, 5) is 6.42. The molecule has 1 rings (SSSR count). The maximum Gasteiger partial charge on any atom is 0.0919 e. The zero-order chi connectivity index (χ0) is 16.6. The van der Waals surface area contributed by atoms with E-state index < -0.39 is 0 Å². The molecule has 1 aromatic rings. The van der Waals surface area contributed by atoms with Crippen LogP contribution < -0.4 is 11.5 Å². The highest BCUT2D eigenvalue weighted by Gasteiger charge is 2.21. The smallest absolute Gasteiger partial charge is 0.0919 e. The summed E-state index contributed by atoms with van der Waals surface area (Å²) in [5, 5.41) is 0. The third-order valence-electron chi connectivity index (χ3n) is 4.05. The van der Waals surface area contributed by atoms with Gasteiger partial charge in [-0.1, -0.05) is 27.2 Å². The maximum absolute atomic E-state index is 6.18. The van der Waals surface area contributed by atoms with Crippen LogP contribution in [0.15, 0.2) is 18.7 Å². The normalized spacial score (nSPS) is 15.3. The summed E-state index contributed by atoms with van der Waals surface area (Å²) >= 11 is 0. The molecule has 0 saturated heterocycles. The fraction of sp³-hybridized carbons (Fsp3) is 0.824. The zero-order valence-electron chi connectivity index (χ0n) is 14.7. The van der Waals surface area contributed by atoms with Crippen molar-refractivity contribution in [2.75, 3.05) is 12.3 Å². The van der Waals surface area contributed by atoms with Crippen molar-refractivity contribution in [3.63, 3.8) is 0 Å². The standard InChI is InChI=1S/C14H33N2P.C3H4N2/c1-4-7-10-17-11-8-9-12(13(15)5-2)14(16)6-3;1-2-5-3-4-1/h12-14,17H,4-11,15-16H2,1-3H3;1-3H,(H,4,5). The molecule has 0 bridgehead atoms. The maximum atomic E-state index is 6.18. The summed E-state index contributed by atoms with van der Waals surface area (Å²) in [6, 6.07) is 0.591. The molecule has 3 unspecified atom stereocenters. The van der Waals surface area contributed by atoms with Crippen molar-refractivity contribution in [1.82, 2.24) is 9.97 Å². The van der Waals surface area contributed by atoms with E-state index in [0.29, 0.717) is 18.0 Å². The molecule has 5 heteroatoms. The van der Waals surface area contributed by atoms with Crippen LogP contribution in [-0.4, -0.2) is 34.4 Å². The molecule has 0 amide bonds. The number of hydrogen-bond donors (Lipinski definition) is 3. The van der Waals surface area contributed by atoms with Crippen LogP contribution >= 0.6 is 8.58 Å². The topological polar surface area (TPSA) is 80.7 Å². The summed E-state index contributed by atoms with van der Waals surface area (Å²) in [6.45, 7) is 6.60. The molecule has 4 nitrogen and oxygen atoms in total. The minimum absolute atomic E-state index is 0.295.